The molecule has 0 bridgehead atoms. The second-order valence-electron chi connectivity index (χ2n) is 10.2. The Morgan fingerprint density at radius 2 is 1.80 bits per heavy atom. The minimum Gasteiger partial charge on any atom is -0.476 e. The van der Waals surface area contributed by atoms with E-state index in [2.05, 4.69) is 30.6 Å². The van der Waals surface area contributed by atoms with Crippen molar-refractivity contribution in [2.24, 2.45) is 5.41 Å². The molecular formula is C30H39FN2O6S2. The second kappa shape index (κ2) is 14.3. The summed E-state index contributed by atoms with van der Waals surface area (Å²) in [6.07, 6.45) is 8.91. The fourth-order valence-electron chi connectivity index (χ4n) is 5.07. The van der Waals surface area contributed by atoms with Crippen molar-refractivity contribution in [2.45, 2.75) is 62.2 Å². The Morgan fingerprint density at radius 3 is 2.34 bits per heavy atom. The third-order valence-electron chi connectivity index (χ3n) is 7.14. The van der Waals surface area contributed by atoms with Crippen LogP contribution in [0.1, 0.15) is 52.4 Å². The first kappa shape index (κ1) is 32.5. The average Bonchev–Trinajstić information content (AvgIpc) is 3.05. The van der Waals surface area contributed by atoms with Crippen molar-refractivity contribution in [3.05, 3.63) is 61.1 Å². The number of benzene rings is 2. The van der Waals surface area contributed by atoms with Gasteiger partial charge in [0.25, 0.3) is 0 Å². The third kappa shape index (κ3) is 8.06. The highest BCUT2D eigenvalue weighted by atomic mass is 32.3. The Labute approximate surface area is 247 Å². The van der Waals surface area contributed by atoms with Gasteiger partial charge in [0.1, 0.15) is 12.0 Å². The number of carbonyl (C=O) groups excluding carboxylic acids is 1. The lowest BCUT2D eigenvalue weighted by atomic mass is 9.79. The first-order valence-corrected chi connectivity index (χ1v) is 16.5. The topological polar surface area (TPSA) is 119 Å². The molecule has 1 heterocycles. The number of thioether (sulfide) groups is 1. The van der Waals surface area contributed by atoms with E-state index in [4.69, 9.17) is 9.84 Å². The Morgan fingerprint density at radius 1 is 1.17 bits per heavy atom. The maximum absolute atomic E-state index is 13.8. The van der Waals surface area contributed by atoms with Crippen LogP contribution in [-0.2, 0) is 9.59 Å². The lowest BCUT2D eigenvalue weighted by Gasteiger charge is -2.42. The fraction of sp³-hybridized carbons (Fsp3) is 0.400. The number of halogens is 1. The fourth-order valence-corrected chi connectivity index (χ4v) is 7.80. The molecule has 1 amide bonds. The number of carboxylic acids is 1. The standard InChI is InChI=1S/C30H39FN2O6S2/c1-5-8-14-30(15-9-6-2)19-33(22-12-10-21(11-13-22)32-28(34)7-3)24-16-26(40-4)25(39-18-23(31)29(35)36)17-27(24)41(37,38)20-30/h7,10-13,16-18,37-38H,3,5-6,8-9,14-15,19-20H2,1-2,4H3,(H,32,34)(H,35,36)/b23-18-. The molecule has 0 atom stereocenters. The molecule has 1 aliphatic rings. The first-order valence-electron chi connectivity index (χ1n) is 13.5. The number of fused-ring (bicyclic) bond motifs is 1. The summed E-state index contributed by atoms with van der Waals surface area (Å²) >= 11 is 1.31. The van der Waals surface area contributed by atoms with Crippen molar-refractivity contribution in [1.29, 1.82) is 0 Å². The Kier molecular flexibility index (Phi) is 11.3. The van der Waals surface area contributed by atoms with Gasteiger partial charge in [-0.15, -0.1) is 11.8 Å². The number of anilines is 3. The average molecular weight is 607 g/mol. The number of carbonyl (C=O) groups is 2. The summed E-state index contributed by atoms with van der Waals surface area (Å²) in [7, 11) is -3.35. The van der Waals surface area contributed by atoms with Gasteiger partial charge in [-0.1, -0.05) is 46.1 Å². The molecule has 2 aromatic rings. The van der Waals surface area contributed by atoms with Gasteiger partial charge in [-0.25, -0.2) is 4.79 Å². The van der Waals surface area contributed by atoms with E-state index < -0.39 is 27.8 Å². The highest BCUT2D eigenvalue weighted by Crippen LogP contribution is 2.62. The number of hydrogen-bond acceptors (Lipinski definition) is 7. The van der Waals surface area contributed by atoms with E-state index in [9.17, 15) is 23.1 Å². The van der Waals surface area contributed by atoms with Gasteiger partial charge in [0.15, 0.2) is 0 Å². The molecule has 0 saturated carbocycles. The molecule has 8 nitrogen and oxygen atoms in total. The molecule has 0 aliphatic carbocycles. The second-order valence-corrected chi connectivity index (χ2v) is 13.1. The Bertz CT molecular complexity index is 1270. The van der Waals surface area contributed by atoms with E-state index >= 15 is 0 Å². The van der Waals surface area contributed by atoms with Gasteiger partial charge in [-0.3, -0.25) is 13.9 Å². The van der Waals surface area contributed by atoms with Crippen LogP contribution in [0.25, 0.3) is 0 Å². The zero-order chi connectivity index (χ0) is 30.2. The number of hydrogen-bond donors (Lipinski definition) is 4. The van der Waals surface area contributed by atoms with Gasteiger partial charge in [0.05, 0.1) is 15.5 Å². The summed E-state index contributed by atoms with van der Waals surface area (Å²) in [6, 6.07) is 10.6. The Balaban J connectivity index is 2.22. The van der Waals surface area contributed by atoms with Crippen LogP contribution in [0.5, 0.6) is 5.75 Å². The van der Waals surface area contributed by atoms with Crippen LogP contribution in [0.3, 0.4) is 0 Å². The van der Waals surface area contributed by atoms with E-state index in [0.29, 0.717) is 29.1 Å². The van der Waals surface area contributed by atoms with Crippen molar-refractivity contribution in [1.82, 2.24) is 0 Å². The van der Waals surface area contributed by atoms with Crippen molar-refractivity contribution in [2.75, 3.05) is 28.8 Å². The molecular weight excluding hydrogens is 567 g/mol. The molecule has 0 unspecified atom stereocenters. The Hall–Kier alpha value is -2.99. The largest absolute Gasteiger partial charge is 0.476 e. The van der Waals surface area contributed by atoms with E-state index in [0.717, 1.165) is 44.2 Å². The van der Waals surface area contributed by atoms with E-state index in [1.807, 2.05) is 12.1 Å². The molecule has 11 heteroatoms. The summed E-state index contributed by atoms with van der Waals surface area (Å²) in [5, 5.41) is 11.6. The number of nitrogens with zero attached hydrogens (tertiary/aromatic N) is 1. The summed E-state index contributed by atoms with van der Waals surface area (Å²) in [5.74, 6) is -3.26. The van der Waals surface area contributed by atoms with Crippen LogP contribution < -0.4 is 15.0 Å². The normalized spacial score (nSPS) is 16.7. The van der Waals surface area contributed by atoms with Crippen LogP contribution in [0.15, 0.2) is 70.9 Å². The van der Waals surface area contributed by atoms with Crippen molar-refractivity contribution in [3.8, 4) is 5.75 Å². The molecule has 0 radical (unpaired) electrons. The smallest absolute Gasteiger partial charge is 0.368 e. The van der Waals surface area contributed by atoms with Crippen LogP contribution in [0, 0.1) is 5.41 Å². The number of amides is 1. The predicted octanol–water partition coefficient (Wildman–Crippen LogP) is 8.44. The molecule has 224 valence electrons. The van der Waals surface area contributed by atoms with Crippen molar-refractivity contribution < 1.29 is 32.9 Å². The molecule has 0 aromatic heterocycles. The minimum absolute atomic E-state index is 0.129. The van der Waals surface area contributed by atoms with Crippen LogP contribution in [-0.4, -0.2) is 44.6 Å². The van der Waals surface area contributed by atoms with Crippen LogP contribution >= 0.6 is 22.4 Å². The lowest BCUT2D eigenvalue weighted by Crippen LogP contribution is -2.37. The SMILES string of the molecule is C=CC(=O)Nc1ccc(N2CC(CCCC)(CCCC)CS(O)(O)c3cc(O/C=C(\F)C(=O)O)c(SC)cc32)cc1. The number of nitrogens with one attached hydrogen (secondary N) is 1. The number of ether oxygens (including phenoxy) is 1. The zero-order valence-electron chi connectivity index (χ0n) is 23.7. The molecule has 1 aliphatic heterocycles. The molecule has 2 aromatic carbocycles. The van der Waals surface area contributed by atoms with Gasteiger partial charge >= 0.3 is 5.97 Å². The number of carboxylic acid groups (broad SMARTS) is 1. The highest BCUT2D eigenvalue weighted by molar-refractivity contribution is 8.24. The number of rotatable bonds is 13. The summed E-state index contributed by atoms with van der Waals surface area (Å²) in [5.41, 5.74) is 1.58. The summed E-state index contributed by atoms with van der Waals surface area (Å²) in [4.78, 5) is 25.7. The van der Waals surface area contributed by atoms with Gasteiger partial charge in [0.2, 0.25) is 11.7 Å². The zero-order valence-corrected chi connectivity index (χ0v) is 25.3. The van der Waals surface area contributed by atoms with Gasteiger partial charge in [0, 0.05) is 35.2 Å². The van der Waals surface area contributed by atoms with Gasteiger partial charge in [-0.05, 0) is 55.5 Å². The molecule has 0 spiro atoms. The first-order chi connectivity index (χ1) is 19.5. The quantitative estimate of drug-likeness (QED) is 0.102. The lowest BCUT2D eigenvalue weighted by molar-refractivity contribution is -0.134. The van der Waals surface area contributed by atoms with E-state index in [-0.39, 0.29) is 22.3 Å². The van der Waals surface area contributed by atoms with Crippen LogP contribution in [0.2, 0.25) is 0 Å². The summed E-state index contributed by atoms with van der Waals surface area (Å²) < 4.78 is 42.7. The third-order valence-corrected chi connectivity index (χ3v) is 9.94. The number of aliphatic carboxylic acids is 1. The maximum atomic E-state index is 13.8. The summed E-state index contributed by atoms with van der Waals surface area (Å²) in [6.45, 7) is 8.25. The van der Waals surface area contributed by atoms with Gasteiger partial charge in [-0.2, -0.15) is 15.0 Å². The van der Waals surface area contributed by atoms with Crippen molar-refractivity contribution >= 4 is 51.3 Å². The van der Waals surface area contributed by atoms with Crippen molar-refractivity contribution in [3.63, 3.8) is 0 Å². The molecule has 0 saturated heterocycles. The highest BCUT2D eigenvalue weighted by Gasteiger charge is 2.42. The predicted molar refractivity (Wildman–Crippen MR) is 165 cm³/mol. The van der Waals surface area contributed by atoms with E-state index in [1.54, 1.807) is 24.5 Å². The van der Waals surface area contributed by atoms with Crippen LogP contribution in [0.4, 0.5) is 21.5 Å². The number of unbranched alkanes of at least 4 members (excludes halogenated alkanes) is 2. The van der Waals surface area contributed by atoms with Gasteiger partial charge < -0.3 is 20.1 Å². The monoisotopic (exact) mass is 606 g/mol. The molecule has 0 fully saturated rings. The maximum Gasteiger partial charge on any atom is 0.368 e. The molecule has 3 rings (SSSR count). The van der Waals surface area contributed by atoms with E-state index in [1.165, 1.54) is 23.9 Å². The minimum atomic E-state index is -3.35. The molecule has 41 heavy (non-hydrogen) atoms. The molecule has 4 N–H and O–H groups in total.